The van der Waals surface area contributed by atoms with E-state index >= 15 is 0 Å². The highest BCUT2D eigenvalue weighted by Gasteiger charge is 2.21. The highest BCUT2D eigenvalue weighted by Crippen LogP contribution is 2.19. The van der Waals surface area contributed by atoms with Gasteiger partial charge in [0.1, 0.15) is 5.75 Å². The van der Waals surface area contributed by atoms with Crippen LogP contribution in [0.5, 0.6) is 5.75 Å². The summed E-state index contributed by atoms with van der Waals surface area (Å²) < 4.78 is 0. The summed E-state index contributed by atoms with van der Waals surface area (Å²) in [7, 11) is 0. The minimum Gasteiger partial charge on any atom is -0.508 e. The molecule has 1 unspecified atom stereocenters. The van der Waals surface area contributed by atoms with Gasteiger partial charge in [0.25, 0.3) is 0 Å². The summed E-state index contributed by atoms with van der Waals surface area (Å²) in [4.78, 5) is 44.1. The van der Waals surface area contributed by atoms with Crippen molar-refractivity contribution in [2.75, 3.05) is 0 Å². The minimum absolute atomic E-state index is 0.00764. The van der Waals surface area contributed by atoms with Crippen LogP contribution in [0.25, 0.3) is 0 Å². The molecule has 130 valence electrons. The number of hydrogen-bond donors (Lipinski definition) is 2. The predicted octanol–water partition coefficient (Wildman–Crippen LogP) is 2.64. The van der Waals surface area contributed by atoms with Gasteiger partial charge in [-0.15, -0.1) is 0 Å². The Morgan fingerprint density at radius 2 is 1.92 bits per heavy atom. The quantitative estimate of drug-likeness (QED) is 0.651. The SMILES string of the molecule is CC1CCC(=O)NC1=O.CCCC(=O)c1ccc(O)cc1C(C)=O. The second-order valence-corrected chi connectivity index (χ2v) is 5.81. The van der Waals surface area contributed by atoms with Crippen molar-refractivity contribution in [2.24, 2.45) is 5.92 Å². The molecule has 2 N–H and O–H groups in total. The van der Waals surface area contributed by atoms with E-state index < -0.39 is 0 Å². The van der Waals surface area contributed by atoms with Crippen molar-refractivity contribution in [3.8, 4) is 5.75 Å². The summed E-state index contributed by atoms with van der Waals surface area (Å²) in [6.07, 6.45) is 2.36. The van der Waals surface area contributed by atoms with Gasteiger partial charge in [-0.25, -0.2) is 0 Å². The number of carbonyl (C=O) groups is 4. The first-order valence-electron chi connectivity index (χ1n) is 7.97. The second-order valence-electron chi connectivity index (χ2n) is 5.81. The van der Waals surface area contributed by atoms with Crippen LogP contribution in [0, 0.1) is 5.92 Å². The van der Waals surface area contributed by atoms with Crippen molar-refractivity contribution in [3.05, 3.63) is 29.3 Å². The largest absolute Gasteiger partial charge is 0.508 e. The van der Waals surface area contributed by atoms with Crippen molar-refractivity contribution >= 4 is 23.4 Å². The molecule has 0 saturated carbocycles. The van der Waals surface area contributed by atoms with Crippen LogP contribution in [0.4, 0.5) is 0 Å². The first kappa shape index (κ1) is 19.5. The number of imide groups is 1. The maximum absolute atomic E-state index is 11.6. The monoisotopic (exact) mass is 333 g/mol. The molecule has 0 aromatic heterocycles. The zero-order valence-corrected chi connectivity index (χ0v) is 14.2. The van der Waals surface area contributed by atoms with E-state index in [1.807, 2.05) is 13.8 Å². The maximum Gasteiger partial charge on any atom is 0.229 e. The molecule has 1 aromatic rings. The van der Waals surface area contributed by atoms with Gasteiger partial charge in [0.15, 0.2) is 11.6 Å². The Labute approximate surface area is 141 Å². The Morgan fingerprint density at radius 1 is 1.25 bits per heavy atom. The molecule has 1 fully saturated rings. The Hall–Kier alpha value is -2.50. The number of aromatic hydroxyl groups is 1. The van der Waals surface area contributed by atoms with Crippen molar-refractivity contribution < 1.29 is 24.3 Å². The van der Waals surface area contributed by atoms with E-state index in [-0.39, 0.29) is 35.0 Å². The molecule has 2 amide bonds. The van der Waals surface area contributed by atoms with E-state index in [0.29, 0.717) is 30.4 Å². The Bertz CT molecular complexity index is 651. The van der Waals surface area contributed by atoms with Gasteiger partial charge in [0, 0.05) is 29.9 Å². The number of carbonyl (C=O) groups excluding carboxylic acids is 4. The number of phenols is 1. The average molecular weight is 333 g/mol. The molecule has 1 aliphatic heterocycles. The number of hydrogen-bond acceptors (Lipinski definition) is 5. The summed E-state index contributed by atoms with van der Waals surface area (Å²) in [5.41, 5.74) is 0.704. The van der Waals surface area contributed by atoms with Gasteiger partial charge in [-0.1, -0.05) is 13.8 Å². The fraction of sp³-hybridized carbons (Fsp3) is 0.444. The topological polar surface area (TPSA) is 101 Å². The molecule has 1 heterocycles. The van der Waals surface area contributed by atoms with Gasteiger partial charge in [-0.2, -0.15) is 0 Å². The van der Waals surface area contributed by atoms with Crippen molar-refractivity contribution in [2.45, 2.75) is 46.5 Å². The van der Waals surface area contributed by atoms with Gasteiger partial charge in [0.2, 0.25) is 11.8 Å². The lowest BCUT2D eigenvalue weighted by atomic mass is 9.98. The number of Topliss-reactive ketones (excluding diaryl/α,β-unsaturated/α-hetero) is 2. The van der Waals surface area contributed by atoms with Gasteiger partial charge < -0.3 is 5.11 Å². The average Bonchev–Trinajstić information content (AvgIpc) is 2.52. The summed E-state index contributed by atoms with van der Waals surface area (Å²) in [6.45, 7) is 5.12. The molecule has 1 aliphatic rings. The highest BCUT2D eigenvalue weighted by atomic mass is 16.3. The third kappa shape index (κ3) is 5.61. The van der Waals surface area contributed by atoms with Crippen LogP contribution in [0.3, 0.4) is 0 Å². The number of benzene rings is 1. The molecule has 24 heavy (non-hydrogen) atoms. The summed E-state index contributed by atoms with van der Waals surface area (Å²) in [6, 6.07) is 4.27. The number of nitrogens with one attached hydrogen (secondary N) is 1. The molecule has 0 bridgehead atoms. The van der Waals surface area contributed by atoms with Crippen LogP contribution in [0.2, 0.25) is 0 Å². The molecular formula is C18H23NO5. The van der Waals surface area contributed by atoms with Crippen LogP contribution in [0.15, 0.2) is 18.2 Å². The fourth-order valence-corrected chi connectivity index (χ4v) is 2.23. The van der Waals surface area contributed by atoms with Crippen LogP contribution in [-0.4, -0.2) is 28.5 Å². The summed E-state index contributed by atoms with van der Waals surface area (Å²) in [5.74, 6) is -0.506. The zero-order chi connectivity index (χ0) is 18.3. The number of piperidine rings is 1. The zero-order valence-electron chi connectivity index (χ0n) is 14.2. The normalized spacial score (nSPS) is 16.7. The number of phenolic OH excluding ortho intramolecular Hbond substituents is 1. The first-order valence-corrected chi connectivity index (χ1v) is 7.97. The van der Waals surface area contributed by atoms with Crippen LogP contribution >= 0.6 is 0 Å². The Kier molecular flexibility index (Phi) is 7.30. The molecule has 2 rings (SSSR count). The molecule has 1 aromatic carbocycles. The molecule has 6 heteroatoms. The van der Waals surface area contributed by atoms with Gasteiger partial charge in [0.05, 0.1) is 0 Å². The Morgan fingerprint density at radius 3 is 2.42 bits per heavy atom. The van der Waals surface area contributed by atoms with Crippen molar-refractivity contribution in [1.82, 2.24) is 5.32 Å². The van der Waals surface area contributed by atoms with Crippen molar-refractivity contribution in [3.63, 3.8) is 0 Å². The standard InChI is InChI=1S/C12H14O3.C6H9NO2/c1-3-4-12(15)10-6-5-9(14)7-11(10)8(2)13;1-4-2-3-5(8)7-6(4)9/h5-7,14H,3-4H2,1-2H3;4H,2-3H2,1H3,(H,7,8,9). The molecule has 0 aliphatic carbocycles. The lowest BCUT2D eigenvalue weighted by Gasteiger charge is -2.15. The Balaban J connectivity index is 0.000000272. The van der Waals surface area contributed by atoms with Crippen LogP contribution < -0.4 is 5.32 Å². The van der Waals surface area contributed by atoms with Gasteiger partial charge in [-0.3, -0.25) is 24.5 Å². The van der Waals surface area contributed by atoms with E-state index in [0.717, 1.165) is 6.42 Å². The minimum atomic E-state index is -0.203. The molecule has 1 atom stereocenters. The lowest BCUT2D eigenvalue weighted by Crippen LogP contribution is -2.39. The number of rotatable bonds is 4. The number of amides is 2. The molecule has 6 nitrogen and oxygen atoms in total. The smallest absolute Gasteiger partial charge is 0.229 e. The lowest BCUT2D eigenvalue weighted by molar-refractivity contribution is -0.135. The molecule has 1 saturated heterocycles. The molecule has 0 spiro atoms. The van der Waals surface area contributed by atoms with Crippen molar-refractivity contribution in [1.29, 1.82) is 0 Å². The summed E-state index contributed by atoms with van der Waals surface area (Å²) in [5, 5.41) is 11.5. The highest BCUT2D eigenvalue weighted by molar-refractivity contribution is 6.08. The molecule has 0 radical (unpaired) electrons. The van der Waals surface area contributed by atoms with Crippen LogP contribution in [-0.2, 0) is 9.59 Å². The fourth-order valence-electron chi connectivity index (χ4n) is 2.23. The van der Waals surface area contributed by atoms with E-state index in [1.165, 1.54) is 25.1 Å². The van der Waals surface area contributed by atoms with Gasteiger partial charge >= 0.3 is 0 Å². The molecular weight excluding hydrogens is 310 g/mol. The van der Waals surface area contributed by atoms with Crippen LogP contribution in [0.1, 0.15) is 67.2 Å². The number of ketones is 2. The van der Waals surface area contributed by atoms with E-state index in [2.05, 4.69) is 5.32 Å². The maximum atomic E-state index is 11.6. The third-order valence-corrected chi connectivity index (χ3v) is 3.67. The van der Waals surface area contributed by atoms with E-state index in [9.17, 15) is 24.3 Å². The first-order chi connectivity index (χ1) is 11.3. The predicted molar refractivity (Wildman–Crippen MR) is 88.9 cm³/mol. The van der Waals surface area contributed by atoms with E-state index in [4.69, 9.17) is 0 Å². The summed E-state index contributed by atoms with van der Waals surface area (Å²) >= 11 is 0. The van der Waals surface area contributed by atoms with Gasteiger partial charge in [-0.05, 0) is 38.0 Å². The van der Waals surface area contributed by atoms with E-state index in [1.54, 1.807) is 0 Å². The third-order valence-electron chi connectivity index (χ3n) is 3.67. The second kappa shape index (κ2) is 8.96.